The van der Waals surface area contributed by atoms with Gasteiger partial charge in [0.15, 0.2) is 0 Å². The molecule has 1 fully saturated rings. The standard InChI is InChI=1S/C23H25N3O2/c1-26(15-17-9-10-21(28-2)22-19(17)8-5-12-25-22)23(27)20-7-4-3-6-18(20)16-11-13-24-14-16/h3-10,12,16,24H,11,13-15H2,1-2H3. The molecule has 0 aliphatic carbocycles. The van der Waals surface area contributed by atoms with Crippen LogP contribution >= 0.6 is 0 Å². The molecule has 2 aromatic carbocycles. The second kappa shape index (κ2) is 7.98. The molecule has 0 saturated carbocycles. The van der Waals surface area contributed by atoms with E-state index in [1.165, 1.54) is 0 Å². The highest BCUT2D eigenvalue weighted by molar-refractivity contribution is 5.96. The number of amides is 1. The van der Waals surface area contributed by atoms with Crippen molar-refractivity contribution in [2.45, 2.75) is 18.9 Å². The van der Waals surface area contributed by atoms with Crippen LogP contribution < -0.4 is 10.1 Å². The summed E-state index contributed by atoms with van der Waals surface area (Å²) in [7, 11) is 3.51. The fraction of sp³-hybridized carbons (Fsp3) is 0.304. The van der Waals surface area contributed by atoms with E-state index in [0.717, 1.165) is 52.9 Å². The van der Waals surface area contributed by atoms with Crippen molar-refractivity contribution in [2.75, 3.05) is 27.2 Å². The summed E-state index contributed by atoms with van der Waals surface area (Å²) in [6.45, 7) is 2.46. The van der Waals surface area contributed by atoms with Gasteiger partial charge < -0.3 is 15.0 Å². The smallest absolute Gasteiger partial charge is 0.254 e. The van der Waals surface area contributed by atoms with Crippen LogP contribution in [0.3, 0.4) is 0 Å². The molecule has 2 heterocycles. The molecule has 4 rings (SSSR count). The lowest BCUT2D eigenvalue weighted by atomic mass is 9.93. The van der Waals surface area contributed by atoms with Crippen molar-refractivity contribution in [1.29, 1.82) is 0 Å². The number of aromatic nitrogens is 1. The van der Waals surface area contributed by atoms with Crippen molar-refractivity contribution in [3.8, 4) is 5.75 Å². The lowest BCUT2D eigenvalue weighted by Gasteiger charge is -2.22. The second-order valence-corrected chi connectivity index (χ2v) is 7.26. The molecule has 1 atom stereocenters. The normalized spacial score (nSPS) is 16.3. The van der Waals surface area contributed by atoms with E-state index in [1.54, 1.807) is 18.2 Å². The van der Waals surface area contributed by atoms with Gasteiger partial charge >= 0.3 is 0 Å². The number of pyridine rings is 1. The number of nitrogens with one attached hydrogen (secondary N) is 1. The Morgan fingerprint density at radius 1 is 1.21 bits per heavy atom. The third-order valence-corrected chi connectivity index (χ3v) is 5.49. The van der Waals surface area contributed by atoms with Crippen molar-refractivity contribution < 1.29 is 9.53 Å². The predicted octanol–water partition coefficient (Wildman–Crippen LogP) is 3.59. The van der Waals surface area contributed by atoms with Gasteiger partial charge in [0, 0.05) is 37.3 Å². The monoisotopic (exact) mass is 375 g/mol. The topological polar surface area (TPSA) is 54.5 Å². The molecule has 28 heavy (non-hydrogen) atoms. The lowest BCUT2D eigenvalue weighted by Crippen LogP contribution is -2.28. The van der Waals surface area contributed by atoms with Crippen LogP contribution in [0.15, 0.2) is 54.7 Å². The molecule has 1 aliphatic heterocycles. The number of nitrogens with zero attached hydrogens (tertiary/aromatic N) is 2. The molecule has 144 valence electrons. The van der Waals surface area contributed by atoms with Crippen molar-refractivity contribution in [1.82, 2.24) is 15.2 Å². The van der Waals surface area contributed by atoms with E-state index in [4.69, 9.17) is 4.74 Å². The number of hydrogen-bond acceptors (Lipinski definition) is 4. The van der Waals surface area contributed by atoms with Gasteiger partial charge in [-0.25, -0.2) is 0 Å². The van der Waals surface area contributed by atoms with E-state index in [-0.39, 0.29) is 5.91 Å². The Bertz CT molecular complexity index is 996. The molecule has 0 spiro atoms. The number of hydrogen-bond donors (Lipinski definition) is 1. The van der Waals surface area contributed by atoms with E-state index in [2.05, 4.69) is 16.4 Å². The van der Waals surface area contributed by atoms with E-state index in [1.807, 2.05) is 49.5 Å². The van der Waals surface area contributed by atoms with Crippen LogP contribution in [-0.2, 0) is 6.54 Å². The summed E-state index contributed by atoms with van der Waals surface area (Å²) in [5, 5.41) is 4.40. The van der Waals surface area contributed by atoms with Gasteiger partial charge in [0.1, 0.15) is 11.3 Å². The van der Waals surface area contributed by atoms with Gasteiger partial charge in [0.25, 0.3) is 5.91 Å². The van der Waals surface area contributed by atoms with Crippen LogP contribution in [0.25, 0.3) is 10.9 Å². The van der Waals surface area contributed by atoms with Gasteiger partial charge in [-0.2, -0.15) is 0 Å². The Morgan fingerprint density at radius 2 is 2.07 bits per heavy atom. The summed E-state index contributed by atoms with van der Waals surface area (Å²) >= 11 is 0. The zero-order chi connectivity index (χ0) is 19.5. The minimum Gasteiger partial charge on any atom is -0.494 e. The van der Waals surface area contributed by atoms with E-state index in [9.17, 15) is 4.79 Å². The first-order valence-corrected chi connectivity index (χ1v) is 9.64. The van der Waals surface area contributed by atoms with Crippen molar-refractivity contribution in [3.05, 3.63) is 71.4 Å². The summed E-state index contributed by atoms with van der Waals surface area (Å²) in [4.78, 5) is 19.5. The van der Waals surface area contributed by atoms with Crippen molar-refractivity contribution >= 4 is 16.8 Å². The SMILES string of the molecule is COc1ccc(CN(C)C(=O)c2ccccc2C2CCNC2)c2cccnc12. The molecule has 1 N–H and O–H groups in total. The van der Waals surface area contributed by atoms with Gasteiger partial charge in [-0.05, 0) is 48.2 Å². The minimum absolute atomic E-state index is 0.0513. The van der Waals surface area contributed by atoms with E-state index < -0.39 is 0 Å². The zero-order valence-corrected chi connectivity index (χ0v) is 16.3. The van der Waals surface area contributed by atoms with E-state index >= 15 is 0 Å². The van der Waals surface area contributed by atoms with Crippen molar-refractivity contribution in [2.24, 2.45) is 0 Å². The van der Waals surface area contributed by atoms with Crippen LogP contribution in [-0.4, -0.2) is 43.0 Å². The quantitative estimate of drug-likeness (QED) is 0.740. The summed E-state index contributed by atoms with van der Waals surface area (Å²) < 4.78 is 5.43. The number of fused-ring (bicyclic) bond motifs is 1. The maximum Gasteiger partial charge on any atom is 0.254 e. The van der Waals surface area contributed by atoms with Crippen LogP contribution in [0.4, 0.5) is 0 Å². The van der Waals surface area contributed by atoms with Crippen LogP contribution in [0.5, 0.6) is 5.75 Å². The van der Waals surface area contributed by atoms with Crippen LogP contribution in [0.2, 0.25) is 0 Å². The summed E-state index contributed by atoms with van der Waals surface area (Å²) in [6, 6.07) is 15.9. The zero-order valence-electron chi connectivity index (χ0n) is 16.3. The van der Waals surface area contributed by atoms with Gasteiger partial charge in [0.05, 0.1) is 7.11 Å². The molecule has 5 heteroatoms. The second-order valence-electron chi connectivity index (χ2n) is 7.26. The average molecular weight is 375 g/mol. The third kappa shape index (κ3) is 3.45. The first-order chi connectivity index (χ1) is 13.7. The molecule has 3 aromatic rings. The number of ether oxygens (including phenoxy) is 1. The highest BCUT2D eigenvalue weighted by atomic mass is 16.5. The maximum atomic E-state index is 13.3. The van der Waals surface area contributed by atoms with Crippen LogP contribution in [0.1, 0.15) is 33.8 Å². The molecular weight excluding hydrogens is 350 g/mol. The molecule has 1 aromatic heterocycles. The summed E-state index contributed by atoms with van der Waals surface area (Å²) in [5.41, 5.74) is 3.82. The van der Waals surface area contributed by atoms with Crippen molar-refractivity contribution in [3.63, 3.8) is 0 Å². The van der Waals surface area contributed by atoms with Gasteiger partial charge in [-0.15, -0.1) is 0 Å². The molecular formula is C23H25N3O2. The molecule has 1 unspecified atom stereocenters. The summed E-state index contributed by atoms with van der Waals surface area (Å²) in [6.07, 6.45) is 2.83. The maximum absolute atomic E-state index is 13.3. The summed E-state index contributed by atoms with van der Waals surface area (Å²) in [5.74, 6) is 1.20. The molecule has 0 bridgehead atoms. The number of carbonyl (C=O) groups is 1. The van der Waals surface area contributed by atoms with Crippen LogP contribution in [0, 0.1) is 0 Å². The van der Waals surface area contributed by atoms with Gasteiger partial charge in [-0.3, -0.25) is 9.78 Å². The first-order valence-electron chi connectivity index (χ1n) is 9.64. The third-order valence-electron chi connectivity index (χ3n) is 5.49. The fourth-order valence-electron chi connectivity index (χ4n) is 4.01. The fourth-order valence-corrected chi connectivity index (χ4v) is 4.01. The Kier molecular flexibility index (Phi) is 5.26. The first kappa shape index (κ1) is 18.4. The molecule has 1 amide bonds. The largest absolute Gasteiger partial charge is 0.494 e. The molecule has 1 saturated heterocycles. The van der Waals surface area contributed by atoms with E-state index in [0.29, 0.717) is 12.5 Å². The molecule has 5 nitrogen and oxygen atoms in total. The lowest BCUT2D eigenvalue weighted by molar-refractivity contribution is 0.0784. The average Bonchev–Trinajstić information content (AvgIpc) is 3.28. The Labute approximate surface area is 165 Å². The molecule has 1 aliphatic rings. The number of rotatable bonds is 5. The highest BCUT2D eigenvalue weighted by Gasteiger charge is 2.24. The van der Waals surface area contributed by atoms with Gasteiger partial charge in [-0.1, -0.05) is 30.3 Å². The Morgan fingerprint density at radius 3 is 2.86 bits per heavy atom. The highest BCUT2D eigenvalue weighted by Crippen LogP contribution is 2.29. The minimum atomic E-state index is 0.0513. The number of benzene rings is 2. The Hall–Kier alpha value is -2.92. The number of methoxy groups -OCH3 is 1. The Balaban J connectivity index is 1.62. The van der Waals surface area contributed by atoms with Gasteiger partial charge in [0.2, 0.25) is 0 Å². The molecule has 0 radical (unpaired) electrons. The number of carbonyl (C=O) groups excluding carboxylic acids is 1. The predicted molar refractivity (Wildman–Crippen MR) is 111 cm³/mol.